The first-order valence-electron chi connectivity index (χ1n) is 5.20. The van der Waals surface area contributed by atoms with Gasteiger partial charge in [-0.2, -0.15) is 0 Å². The van der Waals surface area contributed by atoms with Gasteiger partial charge in [-0.15, -0.1) is 0 Å². The molecule has 0 saturated carbocycles. The van der Waals surface area contributed by atoms with Gasteiger partial charge in [0.05, 0.1) is 13.2 Å². The van der Waals surface area contributed by atoms with Crippen LogP contribution in [0.15, 0.2) is 21.0 Å². The lowest BCUT2D eigenvalue weighted by molar-refractivity contribution is 0.183. The van der Waals surface area contributed by atoms with Crippen molar-refractivity contribution in [3.63, 3.8) is 0 Å². The van der Waals surface area contributed by atoms with Crippen LogP contribution in [0.1, 0.15) is 11.3 Å². The topological polar surface area (TPSA) is 34.4 Å². The first-order chi connectivity index (χ1) is 8.17. The molecule has 1 N–H and O–H groups in total. The molecule has 2 aromatic rings. The smallest absolute Gasteiger partial charge is 0.170 e. The maximum atomic E-state index is 13.7. The van der Waals surface area contributed by atoms with E-state index in [9.17, 15) is 4.39 Å². The molecule has 1 heterocycles. The van der Waals surface area contributed by atoms with Crippen LogP contribution in [-0.4, -0.2) is 14.2 Å². The SMILES string of the molecule is CNCc1oc2c(F)cc(Br)cc2c1COC. The standard InChI is InChI=1S/C12H13BrFNO2/c1-15-5-11-9(6-16-2)8-3-7(13)4-10(14)12(8)17-11/h3-4,15H,5-6H2,1-2H3. The molecule has 0 radical (unpaired) electrons. The summed E-state index contributed by atoms with van der Waals surface area (Å²) < 4.78 is 25.1. The normalized spacial score (nSPS) is 11.3. The number of furan rings is 1. The molecule has 0 spiro atoms. The minimum Gasteiger partial charge on any atom is -0.456 e. The van der Waals surface area contributed by atoms with E-state index >= 15 is 0 Å². The van der Waals surface area contributed by atoms with E-state index in [0.29, 0.717) is 23.4 Å². The Balaban J connectivity index is 2.66. The summed E-state index contributed by atoms with van der Waals surface area (Å²) in [5.74, 6) is 0.343. The summed E-state index contributed by atoms with van der Waals surface area (Å²) in [7, 11) is 3.42. The molecule has 92 valence electrons. The number of halogens is 2. The molecule has 5 heteroatoms. The number of benzene rings is 1. The highest BCUT2D eigenvalue weighted by Crippen LogP contribution is 2.31. The van der Waals surface area contributed by atoms with Crippen LogP contribution in [0.2, 0.25) is 0 Å². The average molecular weight is 302 g/mol. The third-order valence-electron chi connectivity index (χ3n) is 2.52. The quantitative estimate of drug-likeness (QED) is 0.942. The Morgan fingerprint density at radius 2 is 2.24 bits per heavy atom. The van der Waals surface area contributed by atoms with Gasteiger partial charge in [0.1, 0.15) is 5.76 Å². The Kier molecular flexibility index (Phi) is 3.81. The number of rotatable bonds is 4. The summed E-state index contributed by atoms with van der Waals surface area (Å²) in [6.07, 6.45) is 0. The van der Waals surface area contributed by atoms with E-state index in [2.05, 4.69) is 21.2 Å². The van der Waals surface area contributed by atoms with Gasteiger partial charge in [0.2, 0.25) is 0 Å². The van der Waals surface area contributed by atoms with Crippen LogP contribution in [0.5, 0.6) is 0 Å². The fraction of sp³-hybridized carbons (Fsp3) is 0.333. The van der Waals surface area contributed by atoms with Crippen molar-refractivity contribution in [2.75, 3.05) is 14.2 Å². The Bertz CT molecular complexity index is 539. The van der Waals surface area contributed by atoms with Gasteiger partial charge in [0.25, 0.3) is 0 Å². The van der Waals surface area contributed by atoms with E-state index < -0.39 is 0 Å². The molecule has 3 nitrogen and oxygen atoms in total. The van der Waals surface area contributed by atoms with Gasteiger partial charge in [0, 0.05) is 22.5 Å². The van der Waals surface area contributed by atoms with E-state index in [-0.39, 0.29) is 11.4 Å². The van der Waals surface area contributed by atoms with Crippen LogP contribution in [0.4, 0.5) is 4.39 Å². The minimum atomic E-state index is -0.367. The molecule has 0 bridgehead atoms. The van der Waals surface area contributed by atoms with E-state index in [1.807, 2.05) is 13.1 Å². The summed E-state index contributed by atoms with van der Waals surface area (Å²) >= 11 is 3.28. The average Bonchev–Trinajstić information content (AvgIpc) is 2.59. The van der Waals surface area contributed by atoms with Crippen molar-refractivity contribution in [2.45, 2.75) is 13.2 Å². The molecule has 2 rings (SSSR count). The second kappa shape index (κ2) is 5.16. The zero-order valence-corrected chi connectivity index (χ0v) is 11.2. The third kappa shape index (κ3) is 2.36. The summed E-state index contributed by atoms with van der Waals surface area (Å²) in [6.45, 7) is 0.949. The fourth-order valence-corrected chi connectivity index (χ4v) is 2.26. The molecule has 0 aliphatic heterocycles. The molecule has 0 unspecified atom stereocenters. The van der Waals surface area contributed by atoms with Crippen LogP contribution in [-0.2, 0) is 17.9 Å². The van der Waals surface area contributed by atoms with E-state index in [4.69, 9.17) is 9.15 Å². The third-order valence-corrected chi connectivity index (χ3v) is 2.98. The maximum Gasteiger partial charge on any atom is 0.170 e. The van der Waals surface area contributed by atoms with Crippen molar-refractivity contribution in [1.29, 1.82) is 0 Å². The van der Waals surface area contributed by atoms with Gasteiger partial charge in [0.15, 0.2) is 11.4 Å². The molecule has 1 aromatic carbocycles. The zero-order valence-electron chi connectivity index (χ0n) is 9.64. The summed E-state index contributed by atoms with van der Waals surface area (Å²) in [4.78, 5) is 0. The largest absolute Gasteiger partial charge is 0.456 e. The molecule has 1 aromatic heterocycles. The van der Waals surface area contributed by atoms with Gasteiger partial charge < -0.3 is 14.5 Å². The molecule has 0 amide bonds. The Morgan fingerprint density at radius 1 is 1.47 bits per heavy atom. The highest BCUT2D eigenvalue weighted by Gasteiger charge is 2.17. The van der Waals surface area contributed by atoms with Crippen molar-refractivity contribution >= 4 is 26.9 Å². The van der Waals surface area contributed by atoms with Crippen molar-refractivity contribution in [2.24, 2.45) is 0 Å². The van der Waals surface area contributed by atoms with E-state index in [1.165, 1.54) is 6.07 Å². The number of hydrogen-bond acceptors (Lipinski definition) is 3. The maximum absolute atomic E-state index is 13.7. The van der Waals surface area contributed by atoms with Crippen molar-refractivity contribution < 1.29 is 13.5 Å². The summed E-state index contributed by atoms with van der Waals surface area (Å²) in [5, 5.41) is 3.75. The number of fused-ring (bicyclic) bond motifs is 1. The van der Waals surface area contributed by atoms with Crippen molar-refractivity contribution in [3.8, 4) is 0 Å². The lowest BCUT2D eigenvalue weighted by Crippen LogP contribution is -2.06. The highest BCUT2D eigenvalue weighted by molar-refractivity contribution is 9.10. The summed E-state index contributed by atoms with van der Waals surface area (Å²) in [5.41, 5.74) is 1.17. The number of nitrogens with one attached hydrogen (secondary N) is 1. The summed E-state index contributed by atoms with van der Waals surface area (Å²) in [6, 6.07) is 3.24. The predicted octanol–water partition coefficient (Wildman–Crippen LogP) is 3.20. The molecule has 17 heavy (non-hydrogen) atoms. The fourth-order valence-electron chi connectivity index (χ4n) is 1.83. The molecule has 0 fully saturated rings. The molecule has 0 aliphatic carbocycles. The highest BCUT2D eigenvalue weighted by atomic mass is 79.9. The molecule has 0 aliphatic rings. The van der Waals surface area contributed by atoms with Crippen LogP contribution in [0.3, 0.4) is 0 Å². The van der Waals surface area contributed by atoms with E-state index in [1.54, 1.807) is 7.11 Å². The zero-order chi connectivity index (χ0) is 12.4. The Morgan fingerprint density at radius 3 is 2.88 bits per heavy atom. The number of methoxy groups -OCH3 is 1. The van der Waals surface area contributed by atoms with Crippen LogP contribution in [0.25, 0.3) is 11.0 Å². The lowest BCUT2D eigenvalue weighted by Gasteiger charge is -2.01. The van der Waals surface area contributed by atoms with Gasteiger partial charge in [-0.25, -0.2) is 4.39 Å². The molecule has 0 saturated heterocycles. The van der Waals surface area contributed by atoms with E-state index in [0.717, 1.165) is 10.9 Å². The predicted molar refractivity (Wildman–Crippen MR) is 67.3 cm³/mol. The second-order valence-electron chi connectivity index (χ2n) is 3.73. The number of ether oxygens (including phenoxy) is 1. The first-order valence-corrected chi connectivity index (χ1v) is 5.99. The first kappa shape index (κ1) is 12.5. The molecular weight excluding hydrogens is 289 g/mol. The van der Waals surface area contributed by atoms with Crippen molar-refractivity contribution in [3.05, 3.63) is 33.7 Å². The molecular formula is C12H13BrFNO2. The Hall–Kier alpha value is -0.910. The van der Waals surface area contributed by atoms with Gasteiger partial charge in [-0.3, -0.25) is 0 Å². The lowest BCUT2D eigenvalue weighted by atomic mass is 10.1. The van der Waals surface area contributed by atoms with Gasteiger partial charge >= 0.3 is 0 Å². The van der Waals surface area contributed by atoms with Crippen LogP contribution in [0, 0.1) is 5.82 Å². The van der Waals surface area contributed by atoms with Crippen LogP contribution < -0.4 is 5.32 Å². The monoisotopic (exact) mass is 301 g/mol. The van der Waals surface area contributed by atoms with Gasteiger partial charge in [-0.1, -0.05) is 15.9 Å². The minimum absolute atomic E-state index is 0.283. The van der Waals surface area contributed by atoms with Crippen LogP contribution >= 0.6 is 15.9 Å². The second-order valence-corrected chi connectivity index (χ2v) is 4.65. The van der Waals surface area contributed by atoms with Crippen molar-refractivity contribution in [1.82, 2.24) is 5.32 Å². The molecule has 0 atom stereocenters. The Labute approximate surface area is 107 Å². The van der Waals surface area contributed by atoms with Gasteiger partial charge in [-0.05, 0) is 19.2 Å². The number of hydrogen-bond donors (Lipinski definition) is 1.